The van der Waals surface area contributed by atoms with Crippen LogP contribution in [0.25, 0.3) is 0 Å². The van der Waals surface area contributed by atoms with Crippen LogP contribution in [-0.4, -0.2) is 59.6 Å². The molecule has 1 saturated heterocycles. The van der Waals surface area contributed by atoms with Gasteiger partial charge in [-0.15, -0.1) is 0 Å². The normalized spacial score (nSPS) is 24.5. The maximum absolute atomic E-state index is 12.8. The quantitative estimate of drug-likeness (QED) is 0.705. The van der Waals surface area contributed by atoms with Gasteiger partial charge in [-0.1, -0.05) is 0 Å². The number of amides is 3. The number of allylic oxidation sites excluding steroid dienone is 1. The van der Waals surface area contributed by atoms with E-state index in [-0.39, 0.29) is 19.3 Å². The van der Waals surface area contributed by atoms with Crippen molar-refractivity contribution in [2.24, 2.45) is 0 Å². The average Bonchev–Trinajstić information content (AvgIpc) is 2.79. The van der Waals surface area contributed by atoms with Crippen LogP contribution in [0.2, 0.25) is 0 Å². The minimum atomic E-state index is -0.868. The van der Waals surface area contributed by atoms with E-state index in [2.05, 4.69) is 10.6 Å². The number of carbonyl (C=O) groups is 3. The first-order valence-corrected chi connectivity index (χ1v) is 9.47. The third-order valence-corrected chi connectivity index (χ3v) is 4.53. The van der Waals surface area contributed by atoms with Crippen molar-refractivity contribution in [3.05, 3.63) is 11.3 Å². The van der Waals surface area contributed by atoms with Gasteiger partial charge in [0, 0.05) is 5.70 Å². The molecule has 3 amide bonds. The van der Waals surface area contributed by atoms with E-state index in [1.807, 2.05) is 0 Å². The van der Waals surface area contributed by atoms with Crippen LogP contribution in [0.5, 0.6) is 0 Å². The van der Waals surface area contributed by atoms with Crippen molar-refractivity contribution in [1.82, 2.24) is 15.5 Å². The molecule has 28 heavy (non-hydrogen) atoms. The van der Waals surface area contributed by atoms with Crippen LogP contribution in [-0.2, 0) is 19.0 Å². The van der Waals surface area contributed by atoms with E-state index in [0.29, 0.717) is 17.7 Å². The van der Waals surface area contributed by atoms with Gasteiger partial charge in [0.1, 0.15) is 11.3 Å². The summed E-state index contributed by atoms with van der Waals surface area (Å²) in [6, 6.07) is -1.40. The SMILES string of the molecule is CCOC(=O)C1=C(C)NC(=O)NC1CC1COC(C)(C)N1C(=O)OC(C)(C)C. The summed E-state index contributed by atoms with van der Waals surface area (Å²) in [7, 11) is 0. The first kappa shape index (κ1) is 22.0. The van der Waals surface area contributed by atoms with Crippen LogP contribution < -0.4 is 10.6 Å². The number of urea groups is 1. The Morgan fingerprint density at radius 1 is 1.32 bits per heavy atom. The molecule has 0 spiro atoms. The van der Waals surface area contributed by atoms with E-state index >= 15 is 0 Å². The largest absolute Gasteiger partial charge is 0.463 e. The second kappa shape index (κ2) is 7.98. The predicted molar refractivity (Wildman–Crippen MR) is 101 cm³/mol. The fraction of sp³-hybridized carbons (Fsp3) is 0.737. The molecular formula is C19H31N3O6. The van der Waals surface area contributed by atoms with Gasteiger partial charge in [-0.3, -0.25) is 4.90 Å². The lowest BCUT2D eigenvalue weighted by Crippen LogP contribution is -2.55. The molecule has 0 radical (unpaired) electrons. The molecule has 158 valence electrons. The Hall–Kier alpha value is -2.29. The van der Waals surface area contributed by atoms with Crippen molar-refractivity contribution in [2.75, 3.05) is 13.2 Å². The smallest absolute Gasteiger partial charge is 0.412 e. The topological polar surface area (TPSA) is 106 Å². The number of nitrogens with one attached hydrogen (secondary N) is 2. The molecule has 2 heterocycles. The standard InChI is InChI=1S/C19H31N3O6/c1-8-26-15(23)14-11(2)20-16(24)21-13(14)9-12-10-27-19(6,7)22(12)17(25)28-18(3,4)5/h12-13H,8-10H2,1-7H3,(H2,20,21,24). The monoisotopic (exact) mass is 397 g/mol. The van der Waals surface area contributed by atoms with E-state index in [1.165, 1.54) is 4.90 Å². The summed E-state index contributed by atoms with van der Waals surface area (Å²) < 4.78 is 16.5. The van der Waals surface area contributed by atoms with Crippen molar-refractivity contribution >= 4 is 18.1 Å². The summed E-state index contributed by atoms with van der Waals surface area (Å²) in [6.45, 7) is 12.8. The van der Waals surface area contributed by atoms with Gasteiger partial charge >= 0.3 is 18.1 Å². The third-order valence-electron chi connectivity index (χ3n) is 4.53. The highest BCUT2D eigenvalue weighted by molar-refractivity contribution is 5.94. The molecule has 1 fully saturated rings. The van der Waals surface area contributed by atoms with E-state index in [9.17, 15) is 14.4 Å². The van der Waals surface area contributed by atoms with E-state index in [0.717, 1.165) is 0 Å². The lowest BCUT2D eigenvalue weighted by molar-refractivity contribution is -0.139. The number of hydrogen-bond donors (Lipinski definition) is 2. The molecule has 0 aromatic rings. The van der Waals surface area contributed by atoms with Crippen molar-refractivity contribution in [2.45, 2.75) is 78.3 Å². The zero-order valence-electron chi connectivity index (χ0n) is 17.7. The summed E-state index contributed by atoms with van der Waals surface area (Å²) in [5.41, 5.74) is -0.743. The maximum Gasteiger partial charge on any atom is 0.412 e. The van der Waals surface area contributed by atoms with E-state index in [4.69, 9.17) is 14.2 Å². The molecule has 9 nitrogen and oxygen atoms in total. The zero-order chi connectivity index (χ0) is 21.3. The molecule has 0 bridgehead atoms. The average molecular weight is 397 g/mol. The number of esters is 1. The Morgan fingerprint density at radius 2 is 1.96 bits per heavy atom. The van der Waals surface area contributed by atoms with Gasteiger partial charge in [0.25, 0.3) is 0 Å². The van der Waals surface area contributed by atoms with Gasteiger partial charge in [0.05, 0.1) is 30.9 Å². The molecule has 2 aliphatic rings. The number of hydrogen-bond acceptors (Lipinski definition) is 6. The Bertz CT molecular complexity index is 680. The van der Waals surface area contributed by atoms with E-state index in [1.54, 1.807) is 48.5 Å². The van der Waals surface area contributed by atoms with Crippen molar-refractivity contribution in [3.63, 3.8) is 0 Å². The highest BCUT2D eigenvalue weighted by atomic mass is 16.6. The minimum absolute atomic E-state index is 0.222. The molecule has 0 saturated carbocycles. The molecule has 9 heteroatoms. The minimum Gasteiger partial charge on any atom is -0.463 e. The second-order valence-electron chi connectivity index (χ2n) is 8.41. The van der Waals surface area contributed by atoms with Crippen molar-refractivity contribution in [1.29, 1.82) is 0 Å². The molecular weight excluding hydrogens is 366 g/mol. The van der Waals surface area contributed by atoms with Crippen LogP contribution in [0.3, 0.4) is 0 Å². The molecule has 0 aromatic heterocycles. The lowest BCUT2D eigenvalue weighted by atomic mass is 9.95. The number of carbonyl (C=O) groups excluding carboxylic acids is 3. The first-order valence-electron chi connectivity index (χ1n) is 9.47. The van der Waals surface area contributed by atoms with Crippen LogP contribution in [0.15, 0.2) is 11.3 Å². The van der Waals surface area contributed by atoms with Gasteiger partial charge in [-0.2, -0.15) is 0 Å². The van der Waals surface area contributed by atoms with Crippen LogP contribution in [0, 0.1) is 0 Å². The summed E-state index contributed by atoms with van der Waals surface area (Å²) in [5, 5.41) is 5.35. The fourth-order valence-corrected chi connectivity index (χ4v) is 3.46. The highest BCUT2D eigenvalue weighted by Crippen LogP contribution is 2.33. The number of ether oxygens (including phenoxy) is 3. The molecule has 2 aliphatic heterocycles. The van der Waals surface area contributed by atoms with Crippen LogP contribution in [0.4, 0.5) is 9.59 Å². The van der Waals surface area contributed by atoms with Gasteiger partial charge in [0.15, 0.2) is 0 Å². The summed E-state index contributed by atoms with van der Waals surface area (Å²) in [4.78, 5) is 38.7. The highest BCUT2D eigenvalue weighted by Gasteiger charge is 2.47. The summed E-state index contributed by atoms with van der Waals surface area (Å²) in [6.07, 6.45) is -0.208. The molecule has 0 aromatic carbocycles. The maximum atomic E-state index is 12.8. The van der Waals surface area contributed by atoms with Crippen molar-refractivity contribution in [3.8, 4) is 0 Å². The predicted octanol–water partition coefficient (Wildman–Crippen LogP) is 2.27. The van der Waals surface area contributed by atoms with Crippen molar-refractivity contribution < 1.29 is 28.6 Å². The summed E-state index contributed by atoms with van der Waals surface area (Å²) in [5.74, 6) is -0.500. The Kier molecular flexibility index (Phi) is 6.27. The third kappa shape index (κ3) is 4.95. The van der Waals surface area contributed by atoms with Gasteiger partial charge < -0.3 is 24.8 Å². The Morgan fingerprint density at radius 3 is 2.54 bits per heavy atom. The fourth-order valence-electron chi connectivity index (χ4n) is 3.46. The summed E-state index contributed by atoms with van der Waals surface area (Å²) >= 11 is 0. The van der Waals surface area contributed by atoms with Gasteiger partial charge in [-0.25, -0.2) is 14.4 Å². The lowest BCUT2D eigenvalue weighted by Gasteiger charge is -2.37. The molecule has 0 aliphatic carbocycles. The molecule has 2 atom stereocenters. The van der Waals surface area contributed by atoms with Gasteiger partial charge in [0.2, 0.25) is 0 Å². The molecule has 2 unspecified atom stereocenters. The van der Waals surface area contributed by atoms with Crippen LogP contribution in [0.1, 0.15) is 54.9 Å². The molecule has 2 rings (SSSR count). The number of rotatable bonds is 4. The van der Waals surface area contributed by atoms with Gasteiger partial charge in [-0.05, 0) is 54.9 Å². The number of nitrogens with zero attached hydrogens (tertiary/aromatic N) is 1. The molecule has 2 N–H and O–H groups in total. The van der Waals surface area contributed by atoms with Crippen LogP contribution >= 0.6 is 0 Å². The zero-order valence-corrected chi connectivity index (χ0v) is 17.7. The van der Waals surface area contributed by atoms with E-state index < -0.39 is 35.5 Å². The Labute approximate surface area is 165 Å². The Balaban J connectivity index is 2.27. The second-order valence-corrected chi connectivity index (χ2v) is 8.41. The first-order chi connectivity index (χ1) is 12.9.